The molecular formula is C24H30N4O2. The number of aromatic nitrogens is 1. The number of fused-ring (bicyclic) bond motifs is 1. The number of rotatable bonds is 4. The number of pyridine rings is 1. The van der Waals surface area contributed by atoms with Crippen LogP contribution in [0.4, 0.5) is 11.4 Å². The molecule has 2 saturated heterocycles. The van der Waals surface area contributed by atoms with E-state index in [1.165, 1.54) is 11.3 Å². The quantitative estimate of drug-likeness (QED) is 0.842. The monoisotopic (exact) mass is 406 g/mol. The van der Waals surface area contributed by atoms with Gasteiger partial charge in [0, 0.05) is 50.4 Å². The number of ether oxygens (including phenoxy) is 1. The van der Waals surface area contributed by atoms with Gasteiger partial charge in [0.2, 0.25) is 5.91 Å². The van der Waals surface area contributed by atoms with Crippen LogP contribution in [-0.4, -0.2) is 55.6 Å². The Morgan fingerprint density at radius 3 is 2.83 bits per heavy atom. The first kappa shape index (κ1) is 19.2. The number of carbonyl (C=O) groups excluding carboxylic acids is 1. The molecule has 2 aromatic rings. The average molecular weight is 407 g/mol. The third kappa shape index (κ3) is 3.38. The Kier molecular flexibility index (Phi) is 5.01. The summed E-state index contributed by atoms with van der Waals surface area (Å²) >= 11 is 0. The van der Waals surface area contributed by atoms with E-state index >= 15 is 0 Å². The molecule has 1 spiro atoms. The minimum Gasteiger partial charge on any atom is -0.495 e. The summed E-state index contributed by atoms with van der Waals surface area (Å²) in [5.74, 6) is 1.54. The van der Waals surface area contributed by atoms with Gasteiger partial charge in [-0.3, -0.25) is 9.78 Å². The highest BCUT2D eigenvalue weighted by Gasteiger charge is 2.46. The lowest BCUT2D eigenvalue weighted by molar-refractivity contribution is -0.148. The number of anilines is 2. The Hall–Kier alpha value is -2.76. The largest absolute Gasteiger partial charge is 0.495 e. The van der Waals surface area contributed by atoms with Crippen LogP contribution in [0.25, 0.3) is 0 Å². The molecule has 1 aromatic carbocycles. The van der Waals surface area contributed by atoms with Gasteiger partial charge >= 0.3 is 0 Å². The van der Waals surface area contributed by atoms with Gasteiger partial charge in [0.15, 0.2) is 0 Å². The van der Waals surface area contributed by atoms with Crippen LogP contribution >= 0.6 is 0 Å². The normalized spacial score (nSPS) is 22.7. The first-order valence-corrected chi connectivity index (χ1v) is 11.0. The average Bonchev–Trinajstić information content (AvgIpc) is 3.20. The molecule has 0 aliphatic carbocycles. The zero-order valence-corrected chi connectivity index (χ0v) is 17.6. The Balaban J connectivity index is 1.26. The SMILES string of the molecule is COc1cncc(N2CCC3(CCCN(CC4CNc5ccccc54)C3=O)CC2)c1. The molecule has 6 heteroatoms. The van der Waals surface area contributed by atoms with Gasteiger partial charge in [0.25, 0.3) is 0 Å². The molecule has 30 heavy (non-hydrogen) atoms. The van der Waals surface area contributed by atoms with Crippen molar-refractivity contribution in [3.05, 3.63) is 48.3 Å². The van der Waals surface area contributed by atoms with Crippen LogP contribution in [0.15, 0.2) is 42.7 Å². The van der Waals surface area contributed by atoms with E-state index in [9.17, 15) is 4.79 Å². The van der Waals surface area contributed by atoms with Gasteiger partial charge in [-0.2, -0.15) is 0 Å². The number of hydrogen-bond acceptors (Lipinski definition) is 5. The van der Waals surface area contributed by atoms with Crippen molar-refractivity contribution >= 4 is 17.3 Å². The second-order valence-corrected chi connectivity index (χ2v) is 8.87. The fraction of sp³-hybridized carbons (Fsp3) is 0.500. The van der Waals surface area contributed by atoms with Gasteiger partial charge in [-0.25, -0.2) is 0 Å². The molecule has 6 nitrogen and oxygen atoms in total. The zero-order valence-electron chi connectivity index (χ0n) is 17.6. The predicted octanol–water partition coefficient (Wildman–Crippen LogP) is 3.51. The number of likely N-dealkylation sites (tertiary alicyclic amines) is 1. The van der Waals surface area contributed by atoms with E-state index in [0.29, 0.717) is 11.8 Å². The molecular weight excluding hydrogens is 376 g/mol. The van der Waals surface area contributed by atoms with E-state index in [-0.39, 0.29) is 5.41 Å². The number of nitrogens with one attached hydrogen (secondary N) is 1. The Morgan fingerprint density at radius 2 is 2.00 bits per heavy atom. The topological polar surface area (TPSA) is 57.7 Å². The number of amides is 1. The van der Waals surface area contributed by atoms with E-state index in [2.05, 4.69) is 44.4 Å². The fourth-order valence-electron chi connectivity index (χ4n) is 5.46. The number of carbonyl (C=O) groups is 1. The number of nitrogens with zero attached hydrogens (tertiary/aromatic N) is 3. The lowest BCUT2D eigenvalue weighted by Crippen LogP contribution is -2.54. The summed E-state index contributed by atoms with van der Waals surface area (Å²) < 4.78 is 5.32. The van der Waals surface area contributed by atoms with Crippen molar-refractivity contribution in [2.75, 3.05) is 50.1 Å². The zero-order chi connectivity index (χ0) is 20.6. The molecule has 158 valence electrons. The molecule has 3 aliphatic rings. The van der Waals surface area contributed by atoms with Gasteiger partial charge in [-0.05, 0) is 37.3 Å². The maximum atomic E-state index is 13.6. The summed E-state index contributed by atoms with van der Waals surface area (Å²) in [5.41, 5.74) is 3.47. The second-order valence-electron chi connectivity index (χ2n) is 8.87. The van der Waals surface area contributed by atoms with E-state index in [1.54, 1.807) is 13.3 Å². The molecule has 0 radical (unpaired) electrons. The summed E-state index contributed by atoms with van der Waals surface area (Å²) in [5, 5.41) is 3.50. The van der Waals surface area contributed by atoms with Crippen LogP contribution < -0.4 is 15.0 Å². The molecule has 4 heterocycles. The highest BCUT2D eigenvalue weighted by molar-refractivity contribution is 5.84. The summed E-state index contributed by atoms with van der Waals surface area (Å²) in [6.07, 6.45) is 7.58. The predicted molar refractivity (Wildman–Crippen MR) is 118 cm³/mol. The molecule has 0 bridgehead atoms. The van der Waals surface area contributed by atoms with Gasteiger partial charge in [-0.1, -0.05) is 18.2 Å². The Morgan fingerprint density at radius 1 is 1.17 bits per heavy atom. The molecule has 1 atom stereocenters. The highest BCUT2D eigenvalue weighted by atomic mass is 16.5. The lowest BCUT2D eigenvalue weighted by Gasteiger charge is -2.47. The van der Waals surface area contributed by atoms with E-state index < -0.39 is 0 Å². The maximum Gasteiger partial charge on any atom is 0.228 e. The second kappa shape index (κ2) is 7.82. The lowest BCUT2D eigenvalue weighted by atomic mass is 9.71. The third-order valence-corrected chi connectivity index (χ3v) is 7.22. The summed E-state index contributed by atoms with van der Waals surface area (Å²) in [6, 6.07) is 10.5. The van der Waals surface area contributed by atoms with Crippen LogP contribution in [0.5, 0.6) is 5.75 Å². The van der Waals surface area contributed by atoms with Crippen molar-refractivity contribution in [3.8, 4) is 5.75 Å². The van der Waals surface area contributed by atoms with Crippen molar-refractivity contribution in [2.24, 2.45) is 5.41 Å². The van der Waals surface area contributed by atoms with Gasteiger partial charge in [0.1, 0.15) is 5.75 Å². The number of hydrogen-bond donors (Lipinski definition) is 1. The molecule has 3 aliphatic heterocycles. The smallest absolute Gasteiger partial charge is 0.228 e. The van der Waals surface area contributed by atoms with Crippen molar-refractivity contribution in [1.29, 1.82) is 0 Å². The van der Waals surface area contributed by atoms with Crippen LogP contribution in [0, 0.1) is 5.41 Å². The van der Waals surface area contributed by atoms with Crippen molar-refractivity contribution in [2.45, 2.75) is 31.6 Å². The van der Waals surface area contributed by atoms with Crippen molar-refractivity contribution in [3.63, 3.8) is 0 Å². The van der Waals surface area contributed by atoms with Crippen LogP contribution in [0.2, 0.25) is 0 Å². The highest BCUT2D eigenvalue weighted by Crippen LogP contribution is 2.43. The summed E-state index contributed by atoms with van der Waals surface area (Å²) in [6.45, 7) is 4.42. The number of piperidine rings is 2. The van der Waals surface area contributed by atoms with Gasteiger partial charge in [-0.15, -0.1) is 0 Å². The van der Waals surface area contributed by atoms with Crippen molar-refractivity contribution in [1.82, 2.24) is 9.88 Å². The minimum absolute atomic E-state index is 0.188. The van der Waals surface area contributed by atoms with E-state index in [4.69, 9.17) is 4.74 Å². The van der Waals surface area contributed by atoms with Crippen LogP contribution in [-0.2, 0) is 4.79 Å². The number of para-hydroxylation sites is 1. The van der Waals surface area contributed by atoms with Gasteiger partial charge in [0.05, 0.1) is 30.6 Å². The summed E-state index contributed by atoms with van der Waals surface area (Å²) in [4.78, 5) is 22.4. The third-order valence-electron chi connectivity index (χ3n) is 7.22. The maximum absolute atomic E-state index is 13.6. The molecule has 1 N–H and O–H groups in total. The fourth-order valence-corrected chi connectivity index (χ4v) is 5.46. The number of benzene rings is 1. The molecule has 5 rings (SSSR count). The van der Waals surface area contributed by atoms with Crippen LogP contribution in [0.1, 0.15) is 37.2 Å². The van der Waals surface area contributed by atoms with Gasteiger partial charge < -0.3 is 19.9 Å². The van der Waals surface area contributed by atoms with Crippen molar-refractivity contribution < 1.29 is 9.53 Å². The Bertz CT molecular complexity index is 923. The number of methoxy groups -OCH3 is 1. The van der Waals surface area contributed by atoms with E-state index in [1.807, 2.05) is 12.3 Å². The standard InChI is InChI=1S/C24H30N4O2/c1-30-20-13-19(15-25-16-20)27-11-8-24(9-12-27)7-4-10-28(23(24)29)17-18-14-26-22-6-3-2-5-21(18)22/h2-3,5-6,13,15-16,18,26H,4,7-12,14,17H2,1H3. The first-order chi connectivity index (χ1) is 14.7. The minimum atomic E-state index is -0.188. The van der Waals surface area contributed by atoms with Crippen LogP contribution in [0.3, 0.4) is 0 Å². The summed E-state index contributed by atoms with van der Waals surface area (Å²) in [7, 11) is 1.67. The van der Waals surface area contributed by atoms with E-state index in [0.717, 1.165) is 69.8 Å². The first-order valence-electron chi connectivity index (χ1n) is 11.0. The molecule has 1 aromatic heterocycles. The molecule has 1 amide bonds. The molecule has 1 unspecified atom stereocenters. The molecule has 0 saturated carbocycles. The molecule has 2 fully saturated rings. The Labute approximate surface area is 178 Å².